The highest BCUT2D eigenvalue weighted by atomic mass is 35.5. The molecular formula is C25H21ClN2O3. The summed E-state index contributed by atoms with van der Waals surface area (Å²) in [5, 5.41) is 12.8. The Morgan fingerprint density at radius 1 is 1.06 bits per heavy atom. The van der Waals surface area contributed by atoms with E-state index in [1.807, 2.05) is 54.6 Å². The van der Waals surface area contributed by atoms with E-state index in [9.17, 15) is 10.1 Å². The van der Waals surface area contributed by atoms with Crippen LogP contribution in [-0.4, -0.2) is 13.0 Å². The molecule has 0 atom stereocenters. The number of rotatable bonds is 8. The van der Waals surface area contributed by atoms with E-state index in [1.165, 1.54) is 13.2 Å². The highest BCUT2D eigenvalue weighted by molar-refractivity contribution is 6.31. The Kier molecular flexibility index (Phi) is 7.69. The zero-order chi connectivity index (χ0) is 22.1. The van der Waals surface area contributed by atoms with E-state index in [-0.39, 0.29) is 12.2 Å². The van der Waals surface area contributed by atoms with Crippen LogP contribution in [0, 0.1) is 11.3 Å². The molecule has 0 spiro atoms. The number of amides is 1. The molecule has 0 radical (unpaired) electrons. The number of carbonyl (C=O) groups excluding carboxylic acids is 1. The van der Waals surface area contributed by atoms with Crippen LogP contribution in [0.25, 0.3) is 6.08 Å². The first kappa shape index (κ1) is 21.9. The first-order valence-electron chi connectivity index (χ1n) is 9.59. The second kappa shape index (κ2) is 10.9. The molecule has 3 rings (SSSR count). The molecule has 3 aromatic rings. The molecule has 31 heavy (non-hydrogen) atoms. The van der Waals surface area contributed by atoms with Crippen LogP contribution in [0.4, 0.5) is 0 Å². The van der Waals surface area contributed by atoms with Crippen molar-refractivity contribution in [3.05, 3.63) is 100 Å². The number of halogens is 1. The van der Waals surface area contributed by atoms with E-state index in [0.717, 1.165) is 11.1 Å². The second-order valence-electron chi connectivity index (χ2n) is 6.63. The summed E-state index contributed by atoms with van der Waals surface area (Å²) in [6.07, 6.45) is 1.51. The monoisotopic (exact) mass is 432 g/mol. The number of hydrogen-bond acceptors (Lipinski definition) is 4. The van der Waals surface area contributed by atoms with Gasteiger partial charge in [0, 0.05) is 17.1 Å². The van der Waals surface area contributed by atoms with Crippen LogP contribution in [-0.2, 0) is 17.9 Å². The summed E-state index contributed by atoms with van der Waals surface area (Å²) in [5.41, 5.74) is 2.46. The molecule has 0 aliphatic rings. The Labute approximate surface area is 186 Å². The van der Waals surface area contributed by atoms with Crippen molar-refractivity contribution in [3.8, 4) is 17.6 Å². The number of nitriles is 1. The van der Waals surface area contributed by atoms with Crippen LogP contribution in [0.15, 0.2) is 78.4 Å². The van der Waals surface area contributed by atoms with Crippen molar-refractivity contribution in [2.75, 3.05) is 7.11 Å². The van der Waals surface area contributed by atoms with E-state index in [1.54, 1.807) is 24.3 Å². The molecule has 0 fully saturated rings. The van der Waals surface area contributed by atoms with Gasteiger partial charge in [-0.25, -0.2) is 0 Å². The maximum atomic E-state index is 12.4. The Morgan fingerprint density at radius 3 is 2.52 bits per heavy atom. The van der Waals surface area contributed by atoms with Gasteiger partial charge in [-0.15, -0.1) is 0 Å². The summed E-state index contributed by atoms with van der Waals surface area (Å²) in [5.74, 6) is 0.582. The van der Waals surface area contributed by atoms with Gasteiger partial charge in [0.2, 0.25) is 0 Å². The Hall–Kier alpha value is -3.75. The fraction of sp³-hybridized carbons (Fsp3) is 0.120. The van der Waals surface area contributed by atoms with Gasteiger partial charge in [0.25, 0.3) is 5.91 Å². The van der Waals surface area contributed by atoms with Gasteiger partial charge >= 0.3 is 0 Å². The van der Waals surface area contributed by atoms with Crippen molar-refractivity contribution in [1.29, 1.82) is 5.26 Å². The van der Waals surface area contributed by atoms with Gasteiger partial charge in [-0.05, 0) is 35.4 Å². The molecule has 0 saturated heterocycles. The minimum absolute atomic E-state index is 0.00252. The van der Waals surface area contributed by atoms with Crippen LogP contribution >= 0.6 is 11.6 Å². The van der Waals surface area contributed by atoms with Gasteiger partial charge < -0.3 is 14.8 Å². The summed E-state index contributed by atoms with van der Waals surface area (Å²) >= 11 is 6.17. The number of ether oxygens (including phenoxy) is 2. The van der Waals surface area contributed by atoms with E-state index in [0.29, 0.717) is 28.6 Å². The van der Waals surface area contributed by atoms with E-state index in [4.69, 9.17) is 21.1 Å². The van der Waals surface area contributed by atoms with Crippen LogP contribution in [0.1, 0.15) is 16.7 Å². The lowest BCUT2D eigenvalue weighted by Gasteiger charge is -2.12. The van der Waals surface area contributed by atoms with Crippen molar-refractivity contribution >= 4 is 23.6 Å². The quantitative estimate of drug-likeness (QED) is 0.394. The number of nitrogens with zero attached hydrogens (tertiary/aromatic N) is 1. The van der Waals surface area contributed by atoms with Gasteiger partial charge in [0.1, 0.15) is 18.2 Å². The third kappa shape index (κ3) is 6.11. The summed E-state index contributed by atoms with van der Waals surface area (Å²) < 4.78 is 11.3. The largest absolute Gasteiger partial charge is 0.493 e. The van der Waals surface area contributed by atoms with E-state index in [2.05, 4.69) is 5.32 Å². The lowest BCUT2D eigenvalue weighted by molar-refractivity contribution is -0.117. The first-order valence-corrected chi connectivity index (χ1v) is 9.96. The van der Waals surface area contributed by atoms with Gasteiger partial charge in [-0.3, -0.25) is 4.79 Å². The van der Waals surface area contributed by atoms with Crippen LogP contribution < -0.4 is 14.8 Å². The number of hydrogen-bond donors (Lipinski definition) is 1. The first-order chi connectivity index (χ1) is 15.1. The van der Waals surface area contributed by atoms with Crippen molar-refractivity contribution < 1.29 is 14.3 Å². The average molecular weight is 433 g/mol. The maximum Gasteiger partial charge on any atom is 0.262 e. The molecule has 1 N–H and O–H groups in total. The molecule has 1 amide bonds. The fourth-order valence-electron chi connectivity index (χ4n) is 2.85. The lowest BCUT2D eigenvalue weighted by atomic mass is 10.1. The molecular weight excluding hydrogens is 412 g/mol. The molecule has 3 aromatic carbocycles. The zero-order valence-corrected chi connectivity index (χ0v) is 17.7. The number of methoxy groups -OCH3 is 1. The normalized spacial score (nSPS) is 10.8. The highest BCUT2D eigenvalue weighted by Crippen LogP contribution is 2.30. The minimum atomic E-state index is -0.440. The molecule has 6 heteroatoms. The maximum absolute atomic E-state index is 12.4. The highest BCUT2D eigenvalue weighted by Gasteiger charge is 2.11. The SMILES string of the molecule is COc1cc(/C=C(\C#N)C(=O)NCc2ccccc2)ccc1OCc1ccccc1Cl. The van der Waals surface area contributed by atoms with Crippen LogP contribution in [0.3, 0.4) is 0 Å². The molecule has 0 aliphatic heterocycles. The zero-order valence-electron chi connectivity index (χ0n) is 17.0. The molecule has 0 heterocycles. The average Bonchev–Trinajstić information content (AvgIpc) is 2.81. The fourth-order valence-corrected chi connectivity index (χ4v) is 3.04. The number of nitrogens with one attached hydrogen (secondary N) is 1. The summed E-state index contributed by atoms with van der Waals surface area (Å²) in [6.45, 7) is 0.632. The van der Waals surface area contributed by atoms with Gasteiger partial charge in [0.05, 0.1) is 7.11 Å². The minimum Gasteiger partial charge on any atom is -0.493 e. The van der Waals surface area contributed by atoms with Crippen molar-refractivity contribution in [2.24, 2.45) is 0 Å². The smallest absolute Gasteiger partial charge is 0.262 e. The van der Waals surface area contributed by atoms with Crippen molar-refractivity contribution in [3.63, 3.8) is 0 Å². The second-order valence-corrected chi connectivity index (χ2v) is 7.04. The summed E-state index contributed by atoms with van der Waals surface area (Å²) in [7, 11) is 1.53. The summed E-state index contributed by atoms with van der Waals surface area (Å²) in [4.78, 5) is 12.4. The van der Waals surface area contributed by atoms with Gasteiger partial charge in [-0.1, -0.05) is 66.2 Å². The molecule has 0 bridgehead atoms. The molecule has 156 valence electrons. The van der Waals surface area contributed by atoms with E-state index >= 15 is 0 Å². The molecule has 0 aliphatic carbocycles. The Morgan fingerprint density at radius 2 is 1.81 bits per heavy atom. The van der Waals surface area contributed by atoms with E-state index < -0.39 is 5.91 Å². The van der Waals surface area contributed by atoms with Crippen LogP contribution in [0.5, 0.6) is 11.5 Å². The topological polar surface area (TPSA) is 71.3 Å². The number of carbonyl (C=O) groups is 1. The predicted molar refractivity (Wildman–Crippen MR) is 121 cm³/mol. The van der Waals surface area contributed by atoms with Gasteiger partial charge in [-0.2, -0.15) is 5.26 Å². The predicted octanol–water partition coefficient (Wildman–Crippen LogP) is 5.15. The Bertz CT molecular complexity index is 1120. The molecule has 0 saturated carbocycles. The van der Waals surface area contributed by atoms with Crippen molar-refractivity contribution in [1.82, 2.24) is 5.32 Å². The third-order valence-electron chi connectivity index (χ3n) is 4.50. The van der Waals surface area contributed by atoms with Crippen LogP contribution in [0.2, 0.25) is 5.02 Å². The lowest BCUT2D eigenvalue weighted by Crippen LogP contribution is -2.23. The molecule has 0 aromatic heterocycles. The Balaban J connectivity index is 1.70. The number of benzene rings is 3. The molecule has 5 nitrogen and oxygen atoms in total. The third-order valence-corrected chi connectivity index (χ3v) is 4.87. The summed E-state index contributed by atoms with van der Waals surface area (Å²) in [6, 6.07) is 24.1. The standard InChI is InChI=1S/C25H21ClN2O3/c1-30-24-14-19(11-12-23(24)31-17-20-9-5-6-10-22(20)26)13-21(15-27)25(29)28-16-18-7-3-2-4-8-18/h2-14H,16-17H2,1H3,(H,28,29)/b21-13+. The molecule has 0 unspecified atom stereocenters. The van der Waals surface area contributed by atoms with Gasteiger partial charge in [0.15, 0.2) is 11.5 Å². The van der Waals surface area contributed by atoms with Crippen molar-refractivity contribution in [2.45, 2.75) is 13.2 Å².